The summed E-state index contributed by atoms with van der Waals surface area (Å²) in [6, 6.07) is 3.39. The Morgan fingerprint density at radius 1 is 1.39 bits per heavy atom. The van der Waals surface area contributed by atoms with Gasteiger partial charge >= 0.3 is 6.03 Å². The highest BCUT2D eigenvalue weighted by atomic mass is 32.2. The first-order chi connectivity index (χ1) is 13.5. The number of fused-ring (bicyclic) bond motifs is 1. The van der Waals surface area contributed by atoms with E-state index in [0.29, 0.717) is 17.9 Å². The van der Waals surface area contributed by atoms with Crippen LogP contribution >= 0.6 is 11.8 Å². The summed E-state index contributed by atoms with van der Waals surface area (Å²) in [6.45, 7) is 0.0464. The number of hydrogen-bond donors (Lipinski definition) is 3. The van der Waals surface area contributed by atoms with E-state index in [2.05, 4.69) is 10.6 Å². The minimum Gasteiger partial charge on any atom is -0.454 e. The van der Waals surface area contributed by atoms with Gasteiger partial charge in [-0.1, -0.05) is 6.07 Å². The van der Waals surface area contributed by atoms with Crippen molar-refractivity contribution in [2.24, 2.45) is 0 Å². The average molecular weight is 409 g/mol. The third-order valence-electron chi connectivity index (χ3n) is 4.53. The molecular weight excluding hydrogens is 386 g/mol. The molecule has 1 aromatic rings. The topological polar surface area (TPSA) is 117 Å². The van der Waals surface area contributed by atoms with Crippen LogP contribution in [-0.4, -0.2) is 65.3 Å². The second-order valence-corrected chi connectivity index (χ2v) is 7.53. The molecule has 0 saturated carbocycles. The first kappa shape index (κ1) is 20.3. The fraction of sp³-hybridized carbons (Fsp3) is 0.500. The number of hydrogen-bond acceptors (Lipinski definition) is 7. The normalized spacial score (nSPS) is 18.9. The van der Waals surface area contributed by atoms with Crippen LogP contribution in [0.1, 0.15) is 18.4 Å². The monoisotopic (exact) mass is 409 g/mol. The molecule has 0 radical (unpaired) electrons. The summed E-state index contributed by atoms with van der Waals surface area (Å²) in [5, 5.41) is 14.6. The van der Waals surface area contributed by atoms with E-state index in [1.807, 2.05) is 6.26 Å². The van der Waals surface area contributed by atoms with Crippen molar-refractivity contribution in [2.45, 2.75) is 31.5 Å². The van der Waals surface area contributed by atoms with E-state index in [1.165, 1.54) is 0 Å². The number of urea groups is 1. The van der Waals surface area contributed by atoms with Gasteiger partial charge in [-0.3, -0.25) is 14.5 Å². The largest absolute Gasteiger partial charge is 0.454 e. The van der Waals surface area contributed by atoms with Crippen LogP contribution in [0.15, 0.2) is 18.2 Å². The van der Waals surface area contributed by atoms with E-state index in [9.17, 15) is 19.5 Å². The van der Waals surface area contributed by atoms with Gasteiger partial charge in [-0.25, -0.2) is 4.79 Å². The van der Waals surface area contributed by atoms with Crippen LogP contribution in [0.5, 0.6) is 11.5 Å². The van der Waals surface area contributed by atoms with Gasteiger partial charge in [0.05, 0.1) is 25.6 Å². The first-order valence-corrected chi connectivity index (χ1v) is 10.3. The van der Waals surface area contributed by atoms with Gasteiger partial charge in [0.25, 0.3) is 5.91 Å². The summed E-state index contributed by atoms with van der Waals surface area (Å²) >= 11 is 1.62. The van der Waals surface area contributed by atoms with Crippen LogP contribution < -0.4 is 20.1 Å². The van der Waals surface area contributed by atoms with Gasteiger partial charge in [0.1, 0.15) is 6.04 Å². The third kappa shape index (κ3) is 4.68. The molecule has 152 valence electrons. The highest BCUT2D eigenvalue weighted by molar-refractivity contribution is 7.98. The Hall–Kier alpha value is -2.46. The van der Waals surface area contributed by atoms with E-state index < -0.39 is 18.0 Å². The van der Waals surface area contributed by atoms with Crippen molar-refractivity contribution in [3.8, 4) is 11.5 Å². The molecular formula is C18H23N3O6S. The summed E-state index contributed by atoms with van der Waals surface area (Å²) < 4.78 is 10.6. The molecule has 1 aromatic carbocycles. The summed E-state index contributed by atoms with van der Waals surface area (Å²) in [7, 11) is 0. The summed E-state index contributed by atoms with van der Waals surface area (Å²) in [5.74, 6) is 1.15. The lowest BCUT2D eigenvalue weighted by Crippen LogP contribution is -2.42. The molecule has 10 heteroatoms. The Morgan fingerprint density at radius 3 is 2.93 bits per heavy atom. The minimum atomic E-state index is -0.915. The van der Waals surface area contributed by atoms with Gasteiger partial charge < -0.3 is 25.2 Å². The molecule has 0 bridgehead atoms. The first-order valence-electron chi connectivity index (χ1n) is 8.91. The fourth-order valence-electron chi connectivity index (χ4n) is 3.03. The molecule has 0 aromatic heterocycles. The van der Waals surface area contributed by atoms with Crippen LogP contribution in [0.2, 0.25) is 0 Å². The number of thioether (sulfide) groups is 1. The van der Waals surface area contributed by atoms with Crippen molar-refractivity contribution in [3.05, 3.63) is 23.8 Å². The molecule has 3 N–H and O–H groups in total. The molecule has 2 aliphatic heterocycles. The molecule has 1 fully saturated rings. The predicted octanol–water partition coefficient (Wildman–Crippen LogP) is 0.456. The number of rotatable bonds is 9. The van der Waals surface area contributed by atoms with Crippen molar-refractivity contribution in [1.29, 1.82) is 0 Å². The van der Waals surface area contributed by atoms with Crippen LogP contribution in [-0.2, 0) is 16.1 Å². The van der Waals surface area contributed by atoms with Crippen LogP contribution in [0.25, 0.3) is 0 Å². The molecule has 2 aliphatic rings. The average Bonchev–Trinajstić information content (AvgIpc) is 3.24. The standard InChI is InChI=1S/C18H23N3O6S/c1-28-5-4-12(9-22)19-16(23)7-13-17(24)21(18(25)20-13)8-11-2-3-14-15(6-11)27-10-26-14/h2-3,6,12-13,22H,4-5,7-10H2,1H3,(H,19,23)(H,20,25)/t12-,13?/m0/s1. The second-order valence-electron chi connectivity index (χ2n) is 6.55. The van der Waals surface area contributed by atoms with E-state index in [4.69, 9.17) is 9.47 Å². The van der Waals surface area contributed by atoms with Gasteiger partial charge in [0, 0.05) is 0 Å². The second kappa shape index (κ2) is 9.16. The summed E-state index contributed by atoms with van der Waals surface area (Å²) in [4.78, 5) is 38.0. The summed E-state index contributed by atoms with van der Waals surface area (Å²) in [5.41, 5.74) is 0.718. The van der Waals surface area contributed by atoms with Crippen molar-refractivity contribution < 1.29 is 29.0 Å². The van der Waals surface area contributed by atoms with Gasteiger partial charge in [0.2, 0.25) is 12.7 Å². The molecule has 0 spiro atoms. The van der Waals surface area contributed by atoms with E-state index >= 15 is 0 Å². The third-order valence-corrected chi connectivity index (χ3v) is 5.17. The minimum absolute atomic E-state index is 0.0758. The zero-order chi connectivity index (χ0) is 20.1. The predicted molar refractivity (Wildman–Crippen MR) is 102 cm³/mol. The molecule has 2 atom stereocenters. The molecule has 0 aliphatic carbocycles. The number of benzene rings is 1. The lowest BCUT2D eigenvalue weighted by atomic mass is 10.1. The van der Waals surface area contributed by atoms with Crippen molar-refractivity contribution >= 4 is 29.6 Å². The van der Waals surface area contributed by atoms with Crippen LogP contribution in [0.3, 0.4) is 0 Å². The number of carbonyl (C=O) groups is 3. The number of aliphatic hydroxyl groups excluding tert-OH is 1. The molecule has 9 nitrogen and oxygen atoms in total. The zero-order valence-electron chi connectivity index (χ0n) is 15.5. The van der Waals surface area contributed by atoms with E-state index in [0.717, 1.165) is 16.2 Å². The Morgan fingerprint density at radius 2 is 2.18 bits per heavy atom. The number of ether oxygens (including phenoxy) is 2. The number of aliphatic hydroxyl groups is 1. The quantitative estimate of drug-likeness (QED) is 0.507. The number of nitrogens with one attached hydrogen (secondary N) is 2. The van der Waals surface area contributed by atoms with E-state index in [-0.39, 0.29) is 38.3 Å². The van der Waals surface area contributed by atoms with Crippen LogP contribution in [0.4, 0.5) is 4.79 Å². The molecule has 3 rings (SSSR count). The Balaban J connectivity index is 1.56. The molecule has 1 saturated heterocycles. The van der Waals surface area contributed by atoms with Crippen molar-refractivity contribution in [3.63, 3.8) is 0 Å². The van der Waals surface area contributed by atoms with Gasteiger partial charge in [-0.15, -0.1) is 0 Å². The number of carbonyl (C=O) groups excluding carboxylic acids is 3. The highest BCUT2D eigenvalue weighted by Crippen LogP contribution is 2.33. The highest BCUT2D eigenvalue weighted by Gasteiger charge is 2.39. The molecule has 2 heterocycles. The molecule has 4 amide bonds. The van der Waals surface area contributed by atoms with Gasteiger partial charge in [0.15, 0.2) is 11.5 Å². The lowest BCUT2D eigenvalue weighted by molar-refractivity contribution is -0.131. The smallest absolute Gasteiger partial charge is 0.325 e. The Bertz CT molecular complexity index is 759. The van der Waals surface area contributed by atoms with Crippen molar-refractivity contribution in [2.75, 3.05) is 25.4 Å². The van der Waals surface area contributed by atoms with E-state index in [1.54, 1.807) is 30.0 Å². The zero-order valence-corrected chi connectivity index (χ0v) is 16.3. The summed E-state index contributed by atoms with van der Waals surface area (Å²) in [6.07, 6.45) is 2.40. The molecule has 28 heavy (non-hydrogen) atoms. The maximum Gasteiger partial charge on any atom is 0.325 e. The Labute approximate surface area is 166 Å². The molecule has 1 unspecified atom stereocenters. The fourth-order valence-corrected chi connectivity index (χ4v) is 3.55. The maximum atomic E-state index is 12.6. The van der Waals surface area contributed by atoms with Crippen molar-refractivity contribution in [1.82, 2.24) is 15.5 Å². The number of amides is 4. The maximum absolute atomic E-state index is 12.6. The lowest BCUT2D eigenvalue weighted by Gasteiger charge is -2.17. The van der Waals surface area contributed by atoms with Gasteiger partial charge in [-0.05, 0) is 36.1 Å². The number of imide groups is 1. The SMILES string of the molecule is CSCC[C@@H](CO)NC(=O)CC1NC(=O)N(Cc2ccc3c(c2)OCO3)C1=O. The van der Waals surface area contributed by atoms with Gasteiger partial charge in [-0.2, -0.15) is 11.8 Å². The number of nitrogens with zero attached hydrogens (tertiary/aromatic N) is 1. The Kier molecular flexibility index (Phi) is 6.63. The van der Waals surface area contributed by atoms with Crippen LogP contribution in [0, 0.1) is 0 Å².